The molecule has 1 heterocycles. The van der Waals surface area contributed by atoms with Gasteiger partial charge in [0.2, 0.25) is 41.4 Å². The molecule has 0 radical (unpaired) electrons. The van der Waals surface area contributed by atoms with Crippen LogP contribution in [0.15, 0.2) is 24.3 Å². The number of amides is 8. The molecule has 2 rings (SSSR count). The van der Waals surface area contributed by atoms with Crippen molar-refractivity contribution in [2.45, 2.75) is 151 Å². The summed E-state index contributed by atoms with van der Waals surface area (Å²) in [4.78, 5) is 143. The highest BCUT2D eigenvalue weighted by Gasteiger charge is 2.43. The topological polar surface area (TPSA) is 259 Å². The zero-order valence-corrected chi connectivity index (χ0v) is 44.1. The van der Waals surface area contributed by atoms with Gasteiger partial charge in [0.25, 0.3) is 5.91 Å². The van der Waals surface area contributed by atoms with E-state index in [9.17, 15) is 47.9 Å². The minimum Gasteiger partial charge on any atom is -0.497 e. The minimum absolute atomic E-state index is 0.0333. The zero-order chi connectivity index (χ0) is 53.5. The highest BCUT2D eigenvalue weighted by atomic mass is 16.5. The molecule has 1 aromatic rings. The molecule has 8 amide bonds. The molecule has 1 aliphatic rings. The molecule has 1 aliphatic heterocycles. The first-order valence-electron chi connectivity index (χ1n) is 24.2. The van der Waals surface area contributed by atoms with E-state index in [0.717, 1.165) is 0 Å². The van der Waals surface area contributed by atoms with Gasteiger partial charge in [0, 0.05) is 39.5 Å². The number of methoxy groups -OCH3 is 1. The largest absolute Gasteiger partial charge is 0.497 e. The van der Waals surface area contributed by atoms with Gasteiger partial charge in [-0.25, -0.2) is 0 Å². The standard InChI is InChI=1S/C50H80N8O12/c1-17-28(6)40-45(64)51-25-37(59)57(14)39(27(4)5)47(66)56(13)36(24-33-20-22-34(69-16)23-21-33)44(63)53-31(9)42(61)50(11,12)49(68)54-32(10)43(62)55-35(19-3)30(8)48(67)70-41(29(7)18-2)46(65)52-26-38(60)58(40)15/h20-23,27-32,35-36,39-41H,17-19,24-26H2,1-16H3,(H,51,64)(H,52,65)(H,53,63)(H,54,68)(H,55,62)/t28-,29-,30?,31-,32-,35?,36-,39-,40-,41-/m0/s1. The molecule has 70 heavy (non-hydrogen) atoms. The van der Waals surface area contributed by atoms with E-state index >= 15 is 0 Å². The van der Waals surface area contributed by atoms with E-state index in [1.54, 1.807) is 65.8 Å². The number of rotatable bonds is 9. The van der Waals surface area contributed by atoms with Crippen LogP contribution in [0.1, 0.15) is 108 Å². The fourth-order valence-electron chi connectivity index (χ4n) is 8.18. The Morgan fingerprint density at radius 3 is 1.70 bits per heavy atom. The van der Waals surface area contributed by atoms with Gasteiger partial charge in [0.15, 0.2) is 11.9 Å². The zero-order valence-electron chi connectivity index (χ0n) is 44.1. The molecule has 10 atom stereocenters. The molecule has 0 spiro atoms. The lowest BCUT2D eigenvalue weighted by molar-refractivity contribution is -0.163. The number of likely N-dealkylation sites (N-methyl/N-ethyl adjacent to an activating group) is 3. The Morgan fingerprint density at radius 1 is 0.671 bits per heavy atom. The Kier molecular flexibility index (Phi) is 23.0. The maximum Gasteiger partial charge on any atom is 0.311 e. The van der Waals surface area contributed by atoms with Crippen LogP contribution in [0, 0.1) is 29.1 Å². The average Bonchev–Trinajstić information content (AvgIpc) is 3.32. The molecule has 1 saturated heterocycles. The lowest BCUT2D eigenvalue weighted by atomic mass is 9.83. The first kappa shape index (κ1) is 60.0. The Labute approximate surface area is 413 Å². The number of esters is 1. The molecule has 0 aromatic heterocycles. The third kappa shape index (κ3) is 15.5. The van der Waals surface area contributed by atoms with E-state index in [-0.39, 0.29) is 12.8 Å². The summed E-state index contributed by atoms with van der Waals surface area (Å²) in [5.41, 5.74) is -1.16. The molecular formula is C50H80N8O12. The summed E-state index contributed by atoms with van der Waals surface area (Å²) in [6.45, 7) is 18.2. The molecule has 392 valence electrons. The maximum atomic E-state index is 14.6. The number of hydrogen-bond donors (Lipinski definition) is 5. The van der Waals surface area contributed by atoms with Crippen LogP contribution in [0.3, 0.4) is 0 Å². The van der Waals surface area contributed by atoms with Crippen LogP contribution in [0.2, 0.25) is 0 Å². The Balaban J connectivity index is 2.69. The Morgan fingerprint density at radius 2 is 1.20 bits per heavy atom. The second kappa shape index (κ2) is 26.8. The molecule has 20 nitrogen and oxygen atoms in total. The van der Waals surface area contributed by atoms with Gasteiger partial charge < -0.3 is 50.8 Å². The highest BCUT2D eigenvalue weighted by molar-refractivity contribution is 6.09. The Hall–Kier alpha value is -6.08. The molecule has 1 fully saturated rings. The quantitative estimate of drug-likeness (QED) is 0.175. The second-order valence-electron chi connectivity index (χ2n) is 19.5. The monoisotopic (exact) mass is 985 g/mol. The number of carbonyl (C=O) groups excluding carboxylic acids is 10. The smallest absolute Gasteiger partial charge is 0.311 e. The fourth-order valence-corrected chi connectivity index (χ4v) is 8.18. The van der Waals surface area contributed by atoms with Crippen molar-refractivity contribution in [3.05, 3.63) is 29.8 Å². The third-order valence-electron chi connectivity index (χ3n) is 13.6. The van der Waals surface area contributed by atoms with Gasteiger partial charge in [0.1, 0.15) is 35.3 Å². The van der Waals surface area contributed by atoms with Crippen molar-refractivity contribution < 1.29 is 57.4 Å². The van der Waals surface area contributed by atoms with E-state index in [1.165, 1.54) is 77.6 Å². The molecule has 0 bridgehead atoms. The van der Waals surface area contributed by atoms with Crippen LogP contribution >= 0.6 is 0 Å². The Bertz CT molecular complexity index is 2040. The number of cyclic esters (lactones) is 1. The first-order valence-corrected chi connectivity index (χ1v) is 24.2. The van der Waals surface area contributed by atoms with E-state index in [1.807, 2.05) is 6.92 Å². The van der Waals surface area contributed by atoms with Crippen LogP contribution in [-0.4, -0.2) is 157 Å². The van der Waals surface area contributed by atoms with Gasteiger partial charge in [-0.05, 0) is 77.0 Å². The lowest BCUT2D eigenvalue weighted by Gasteiger charge is -2.37. The van der Waals surface area contributed by atoms with Crippen molar-refractivity contribution in [2.24, 2.45) is 29.1 Å². The molecule has 0 saturated carbocycles. The van der Waals surface area contributed by atoms with Crippen molar-refractivity contribution in [3.63, 3.8) is 0 Å². The third-order valence-corrected chi connectivity index (χ3v) is 13.6. The van der Waals surface area contributed by atoms with E-state index in [0.29, 0.717) is 24.2 Å². The summed E-state index contributed by atoms with van der Waals surface area (Å²) in [5, 5.41) is 13.2. The number of ether oxygens (including phenoxy) is 2. The number of hydrogen-bond acceptors (Lipinski definition) is 12. The van der Waals surface area contributed by atoms with Crippen molar-refractivity contribution in [3.8, 4) is 5.75 Å². The van der Waals surface area contributed by atoms with Crippen LogP contribution in [-0.2, 0) is 59.1 Å². The van der Waals surface area contributed by atoms with Crippen LogP contribution in [0.25, 0.3) is 0 Å². The van der Waals surface area contributed by atoms with Crippen molar-refractivity contribution >= 4 is 59.0 Å². The predicted octanol–water partition coefficient (Wildman–Crippen LogP) is 1.76. The van der Waals surface area contributed by atoms with Gasteiger partial charge in [-0.2, -0.15) is 0 Å². The van der Waals surface area contributed by atoms with E-state index in [4.69, 9.17) is 9.47 Å². The van der Waals surface area contributed by atoms with E-state index < -0.39 is 144 Å². The highest BCUT2D eigenvalue weighted by Crippen LogP contribution is 2.23. The summed E-state index contributed by atoms with van der Waals surface area (Å²) >= 11 is 0. The number of ketones is 1. The van der Waals surface area contributed by atoms with Crippen molar-refractivity contribution in [2.75, 3.05) is 41.3 Å². The minimum atomic E-state index is -1.79. The summed E-state index contributed by atoms with van der Waals surface area (Å²) in [7, 11) is 5.72. The van der Waals surface area contributed by atoms with Gasteiger partial charge in [-0.1, -0.05) is 67.0 Å². The van der Waals surface area contributed by atoms with Gasteiger partial charge in [0.05, 0.1) is 32.2 Å². The normalized spacial score (nSPS) is 27.1. The average molecular weight is 985 g/mol. The number of carbonyl (C=O) groups is 10. The number of nitrogens with one attached hydrogen (secondary N) is 5. The van der Waals surface area contributed by atoms with Gasteiger partial charge in [-0.15, -0.1) is 0 Å². The van der Waals surface area contributed by atoms with Gasteiger partial charge in [-0.3, -0.25) is 47.9 Å². The molecule has 20 heteroatoms. The molecular weight excluding hydrogens is 905 g/mol. The summed E-state index contributed by atoms with van der Waals surface area (Å²) < 4.78 is 11.0. The number of benzene rings is 1. The van der Waals surface area contributed by atoms with Crippen LogP contribution in [0.4, 0.5) is 0 Å². The van der Waals surface area contributed by atoms with Crippen LogP contribution in [0.5, 0.6) is 5.75 Å². The van der Waals surface area contributed by atoms with Crippen LogP contribution < -0.4 is 31.3 Å². The SMILES string of the molecule is CCC1NC(=O)[C@H](C)NC(=O)C(C)(C)C(=O)[C@H](C)NC(=O)[C@H](Cc2ccc(OC)cc2)N(C)C(=O)[C@H](C(C)C)N(C)C(=O)CNC(=O)[C@H]([C@@H](C)CC)N(C)C(=O)CNC(=O)[C@H]([C@@H](C)CC)OC(=O)C1C. The predicted molar refractivity (Wildman–Crippen MR) is 261 cm³/mol. The molecule has 1 aromatic carbocycles. The first-order chi connectivity index (χ1) is 32.6. The summed E-state index contributed by atoms with van der Waals surface area (Å²) in [6.07, 6.45) is -0.234. The lowest BCUT2D eigenvalue weighted by Crippen LogP contribution is -2.60. The second-order valence-corrected chi connectivity index (χ2v) is 19.5. The van der Waals surface area contributed by atoms with E-state index in [2.05, 4.69) is 26.6 Å². The van der Waals surface area contributed by atoms with Crippen molar-refractivity contribution in [1.82, 2.24) is 41.3 Å². The van der Waals surface area contributed by atoms with Crippen molar-refractivity contribution in [1.29, 1.82) is 0 Å². The number of nitrogens with zero attached hydrogens (tertiary/aromatic N) is 3. The fraction of sp³-hybridized carbons (Fsp3) is 0.680. The summed E-state index contributed by atoms with van der Waals surface area (Å²) in [6, 6.07) is 0.0462. The maximum absolute atomic E-state index is 14.6. The summed E-state index contributed by atoms with van der Waals surface area (Å²) in [5.74, 6) is -8.89. The van der Waals surface area contributed by atoms with Gasteiger partial charge >= 0.3 is 5.97 Å². The molecule has 2 unspecified atom stereocenters. The molecule has 0 aliphatic carbocycles. The molecule has 5 N–H and O–H groups in total. The number of Topliss-reactive ketones (excluding diaryl/α,β-unsaturated/α-hetero) is 1.